The first-order valence-corrected chi connectivity index (χ1v) is 8.78. The summed E-state index contributed by atoms with van der Waals surface area (Å²) >= 11 is 6.02. The highest BCUT2D eigenvalue weighted by atomic mass is 35.5. The molecule has 0 N–H and O–H groups in total. The summed E-state index contributed by atoms with van der Waals surface area (Å²) in [5, 5.41) is 0.534. The van der Waals surface area contributed by atoms with E-state index < -0.39 is 0 Å². The summed E-state index contributed by atoms with van der Waals surface area (Å²) in [5.41, 5.74) is 3.24. The van der Waals surface area contributed by atoms with Crippen LogP contribution in [0.15, 0.2) is 24.3 Å². The normalized spacial score (nSPS) is 9.89. The molecule has 2 aromatic rings. The molecule has 1 aromatic carbocycles. The molecule has 0 atom stereocenters. The number of esters is 1. The lowest BCUT2D eigenvalue weighted by atomic mass is 10.1. The number of amides is 1. The van der Waals surface area contributed by atoms with Gasteiger partial charge >= 0.3 is 5.97 Å². The Bertz CT molecular complexity index is 841. The van der Waals surface area contributed by atoms with E-state index in [0.717, 1.165) is 17.7 Å². The third-order valence-electron chi connectivity index (χ3n) is 4.08. The summed E-state index contributed by atoms with van der Waals surface area (Å²) in [6.45, 7) is 5.44. The van der Waals surface area contributed by atoms with E-state index in [2.05, 4.69) is 0 Å². The van der Waals surface area contributed by atoms with E-state index in [4.69, 9.17) is 16.3 Å². The van der Waals surface area contributed by atoms with Crippen molar-refractivity contribution >= 4 is 29.8 Å². The largest absolute Gasteiger partial charge is 0.462 e. The first-order chi connectivity index (χ1) is 12.6. The molecule has 0 unspecified atom stereocenters. The minimum absolute atomic E-state index is 0.0926. The van der Waals surface area contributed by atoms with Crippen molar-refractivity contribution in [2.45, 2.75) is 20.8 Å². The number of benzene rings is 1. The Balaban J connectivity index is 0.000000527. The van der Waals surface area contributed by atoms with E-state index in [1.54, 1.807) is 45.3 Å². The number of carbonyl (C=O) groups excluding carboxylic acids is 3. The molecule has 2 rings (SSSR count). The summed E-state index contributed by atoms with van der Waals surface area (Å²) in [7, 11) is 5.29. The van der Waals surface area contributed by atoms with Crippen LogP contribution in [-0.4, -0.2) is 48.3 Å². The molecule has 27 heavy (non-hydrogen) atoms. The number of aldehydes is 1. The first kappa shape index (κ1) is 22.4. The van der Waals surface area contributed by atoms with Crippen molar-refractivity contribution in [2.75, 3.05) is 20.7 Å². The van der Waals surface area contributed by atoms with Gasteiger partial charge in [0.25, 0.3) is 0 Å². The Kier molecular flexibility index (Phi) is 8.25. The monoisotopic (exact) mass is 392 g/mol. The van der Waals surface area contributed by atoms with Crippen LogP contribution in [0.2, 0.25) is 5.02 Å². The summed E-state index contributed by atoms with van der Waals surface area (Å²) in [5.74, 6) is -0.276. The lowest BCUT2D eigenvalue weighted by Crippen LogP contribution is -2.17. The standard InChI is InChI=1S/C16H16ClNO3.C4H9NO/c1-4-21-16(20)13-8-15(18(3)10(13)2)14-7-12(17)6-5-11(14)9-19;1-4(6)5(2)3/h5-9H,4H2,1-3H3;1-3H3. The molecule has 0 fully saturated rings. The molecule has 0 saturated heterocycles. The second-order valence-corrected chi connectivity index (χ2v) is 6.51. The minimum atomic E-state index is -0.369. The lowest BCUT2D eigenvalue weighted by Gasteiger charge is -2.08. The van der Waals surface area contributed by atoms with Crippen molar-refractivity contribution in [2.24, 2.45) is 7.05 Å². The molecular formula is C20H25ClN2O4. The molecule has 1 aromatic heterocycles. The minimum Gasteiger partial charge on any atom is -0.462 e. The van der Waals surface area contributed by atoms with E-state index in [1.807, 2.05) is 18.5 Å². The van der Waals surface area contributed by atoms with Gasteiger partial charge in [-0.3, -0.25) is 9.59 Å². The van der Waals surface area contributed by atoms with Crippen LogP contribution in [0.3, 0.4) is 0 Å². The van der Waals surface area contributed by atoms with E-state index in [9.17, 15) is 14.4 Å². The molecule has 1 heterocycles. The summed E-state index contributed by atoms with van der Waals surface area (Å²) < 4.78 is 6.90. The van der Waals surface area contributed by atoms with Crippen molar-refractivity contribution in [1.29, 1.82) is 0 Å². The van der Waals surface area contributed by atoms with Gasteiger partial charge in [-0.1, -0.05) is 11.6 Å². The zero-order valence-electron chi connectivity index (χ0n) is 16.5. The van der Waals surface area contributed by atoms with E-state index >= 15 is 0 Å². The molecule has 6 nitrogen and oxygen atoms in total. The van der Waals surface area contributed by atoms with Gasteiger partial charge in [-0.05, 0) is 38.1 Å². The van der Waals surface area contributed by atoms with Gasteiger partial charge in [-0.15, -0.1) is 0 Å². The van der Waals surface area contributed by atoms with Crippen molar-refractivity contribution in [1.82, 2.24) is 9.47 Å². The van der Waals surface area contributed by atoms with Crippen LogP contribution < -0.4 is 0 Å². The molecule has 0 aliphatic heterocycles. The molecule has 0 bridgehead atoms. The average molecular weight is 393 g/mol. The highest BCUT2D eigenvalue weighted by molar-refractivity contribution is 6.31. The number of ether oxygens (including phenoxy) is 1. The van der Waals surface area contributed by atoms with Gasteiger partial charge in [0.15, 0.2) is 6.29 Å². The topological polar surface area (TPSA) is 68.6 Å². The Morgan fingerprint density at radius 3 is 2.33 bits per heavy atom. The van der Waals surface area contributed by atoms with Gasteiger partial charge in [0.05, 0.1) is 12.2 Å². The van der Waals surface area contributed by atoms with Gasteiger partial charge in [-0.2, -0.15) is 0 Å². The van der Waals surface area contributed by atoms with Crippen LogP contribution in [0, 0.1) is 6.92 Å². The Hall–Kier alpha value is -2.60. The van der Waals surface area contributed by atoms with Crippen LogP contribution in [-0.2, 0) is 16.6 Å². The van der Waals surface area contributed by atoms with Gasteiger partial charge < -0.3 is 14.2 Å². The molecule has 0 aliphatic rings. The fourth-order valence-electron chi connectivity index (χ4n) is 2.23. The van der Waals surface area contributed by atoms with Crippen molar-refractivity contribution in [3.8, 4) is 11.3 Å². The maximum Gasteiger partial charge on any atom is 0.339 e. The van der Waals surface area contributed by atoms with E-state index in [-0.39, 0.29) is 11.9 Å². The van der Waals surface area contributed by atoms with Gasteiger partial charge in [0.1, 0.15) is 0 Å². The number of nitrogens with zero attached hydrogens (tertiary/aromatic N) is 2. The number of carbonyl (C=O) groups is 3. The fraction of sp³-hybridized carbons (Fsp3) is 0.350. The molecule has 0 radical (unpaired) electrons. The van der Waals surface area contributed by atoms with Crippen LogP contribution in [0.5, 0.6) is 0 Å². The predicted molar refractivity (Wildman–Crippen MR) is 106 cm³/mol. The number of halogens is 1. The third-order valence-corrected chi connectivity index (χ3v) is 4.31. The SMILES string of the molecule is CC(=O)N(C)C.CCOC(=O)c1cc(-c2cc(Cl)ccc2C=O)n(C)c1C. The fourth-order valence-corrected chi connectivity index (χ4v) is 2.40. The Morgan fingerprint density at radius 2 is 1.85 bits per heavy atom. The maximum atomic E-state index is 12.0. The molecular weight excluding hydrogens is 368 g/mol. The van der Waals surface area contributed by atoms with Gasteiger partial charge in [0.2, 0.25) is 5.91 Å². The second-order valence-electron chi connectivity index (χ2n) is 6.07. The lowest BCUT2D eigenvalue weighted by molar-refractivity contribution is -0.126. The zero-order chi connectivity index (χ0) is 20.7. The first-order valence-electron chi connectivity index (χ1n) is 8.40. The Morgan fingerprint density at radius 1 is 1.26 bits per heavy atom. The average Bonchev–Trinajstić information content (AvgIpc) is 2.91. The molecule has 146 valence electrons. The smallest absolute Gasteiger partial charge is 0.339 e. The van der Waals surface area contributed by atoms with Crippen LogP contribution >= 0.6 is 11.6 Å². The number of aromatic nitrogens is 1. The van der Waals surface area contributed by atoms with Crippen molar-refractivity contribution < 1.29 is 19.1 Å². The van der Waals surface area contributed by atoms with Crippen molar-refractivity contribution in [3.05, 3.63) is 46.1 Å². The highest BCUT2D eigenvalue weighted by Gasteiger charge is 2.19. The molecule has 1 amide bonds. The van der Waals surface area contributed by atoms with E-state index in [1.165, 1.54) is 11.8 Å². The predicted octanol–water partition coefficient (Wildman–Crippen LogP) is 3.74. The van der Waals surface area contributed by atoms with Crippen LogP contribution in [0.25, 0.3) is 11.3 Å². The second kappa shape index (κ2) is 9.92. The molecule has 7 heteroatoms. The third kappa shape index (κ3) is 5.69. The molecule has 0 aliphatic carbocycles. The van der Waals surface area contributed by atoms with Gasteiger partial charge in [-0.25, -0.2) is 4.79 Å². The highest BCUT2D eigenvalue weighted by Crippen LogP contribution is 2.29. The number of hydrogen-bond donors (Lipinski definition) is 0. The summed E-state index contributed by atoms with van der Waals surface area (Å²) in [4.78, 5) is 34.8. The number of hydrogen-bond acceptors (Lipinski definition) is 4. The van der Waals surface area contributed by atoms with Crippen LogP contribution in [0.4, 0.5) is 0 Å². The summed E-state index contributed by atoms with van der Waals surface area (Å²) in [6.07, 6.45) is 0.776. The maximum absolute atomic E-state index is 12.0. The van der Waals surface area contributed by atoms with Gasteiger partial charge in [0, 0.05) is 55.6 Å². The van der Waals surface area contributed by atoms with Crippen molar-refractivity contribution in [3.63, 3.8) is 0 Å². The molecule has 0 spiro atoms. The van der Waals surface area contributed by atoms with Crippen LogP contribution in [0.1, 0.15) is 40.3 Å². The molecule has 0 saturated carbocycles. The number of rotatable bonds is 4. The Labute approximate surface area is 164 Å². The summed E-state index contributed by atoms with van der Waals surface area (Å²) in [6, 6.07) is 6.77. The van der Waals surface area contributed by atoms with E-state index in [0.29, 0.717) is 28.3 Å². The zero-order valence-corrected chi connectivity index (χ0v) is 17.3. The quantitative estimate of drug-likeness (QED) is 0.587.